The molecule has 0 unspecified atom stereocenters. The topological polar surface area (TPSA) is 33.4 Å². The lowest BCUT2D eigenvalue weighted by atomic mass is 10.00. The zero-order chi connectivity index (χ0) is 11.7. The third-order valence-electron chi connectivity index (χ3n) is 2.96. The van der Waals surface area contributed by atoms with Crippen LogP contribution < -0.4 is 0 Å². The van der Waals surface area contributed by atoms with E-state index < -0.39 is 0 Å². The van der Waals surface area contributed by atoms with Crippen molar-refractivity contribution in [3.05, 3.63) is 60.4 Å². The third-order valence-corrected chi connectivity index (χ3v) is 2.96. The van der Waals surface area contributed by atoms with E-state index in [2.05, 4.69) is 0 Å². The number of benzene rings is 2. The van der Waals surface area contributed by atoms with Crippen molar-refractivity contribution in [1.29, 1.82) is 0 Å². The lowest BCUT2D eigenvalue weighted by molar-refractivity contribution is 0.282. The summed E-state index contributed by atoms with van der Waals surface area (Å²) >= 11 is 0. The van der Waals surface area contributed by atoms with Crippen LogP contribution in [-0.4, -0.2) is 5.11 Å². The number of aliphatic hydroxyl groups is 1. The first-order valence-corrected chi connectivity index (χ1v) is 5.55. The van der Waals surface area contributed by atoms with Gasteiger partial charge in [0, 0.05) is 10.9 Å². The van der Waals surface area contributed by atoms with Gasteiger partial charge in [0.05, 0.1) is 12.9 Å². The van der Waals surface area contributed by atoms with E-state index in [9.17, 15) is 5.11 Å². The van der Waals surface area contributed by atoms with Crippen molar-refractivity contribution in [3.8, 4) is 11.1 Å². The highest BCUT2D eigenvalue weighted by atomic mass is 16.3. The molecule has 0 spiro atoms. The van der Waals surface area contributed by atoms with Crippen molar-refractivity contribution in [1.82, 2.24) is 0 Å². The molecule has 2 heteroatoms. The molecule has 0 atom stereocenters. The number of hydrogen-bond acceptors (Lipinski definition) is 2. The Labute approximate surface area is 99.1 Å². The highest BCUT2D eigenvalue weighted by molar-refractivity contribution is 5.94. The molecule has 1 heterocycles. The van der Waals surface area contributed by atoms with E-state index in [0.717, 1.165) is 27.7 Å². The summed E-state index contributed by atoms with van der Waals surface area (Å²) in [6.07, 6.45) is 1.75. The normalized spacial score (nSPS) is 10.9. The van der Waals surface area contributed by atoms with Gasteiger partial charge in [-0.2, -0.15) is 0 Å². The number of para-hydroxylation sites is 1. The maximum Gasteiger partial charge on any atom is 0.134 e. The minimum absolute atomic E-state index is 0.0374. The lowest BCUT2D eigenvalue weighted by Gasteiger charge is -2.04. The van der Waals surface area contributed by atoms with Crippen molar-refractivity contribution in [2.24, 2.45) is 0 Å². The summed E-state index contributed by atoms with van der Waals surface area (Å²) in [7, 11) is 0. The van der Waals surface area contributed by atoms with Crippen LogP contribution in [0.15, 0.2) is 59.2 Å². The predicted molar refractivity (Wildman–Crippen MR) is 67.6 cm³/mol. The molecular formula is C15H12O2. The molecule has 3 aromatic rings. The lowest BCUT2D eigenvalue weighted by Crippen LogP contribution is -1.87. The molecule has 0 aliphatic carbocycles. The van der Waals surface area contributed by atoms with Crippen molar-refractivity contribution in [3.63, 3.8) is 0 Å². The van der Waals surface area contributed by atoms with E-state index in [4.69, 9.17) is 4.42 Å². The smallest absolute Gasteiger partial charge is 0.134 e. The van der Waals surface area contributed by atoms with Crippen molar-refractivity contribution < 1.29 is 9.52 Å². The van der Waals surface area contributed by atoms with Gasteiger partial charge in [0.25, 0.3) is 0 Å². The van der Waals surface area contributed by atoms with Crippen LogP contribution in [-0.2, 0) is 6.61 Å². The number of rotatable bonds is 2. The van der Waals surface area contributed by atoms with Gasteiger partial charge in [0.2, 0.25) is 0 Å². The van der Waals surface area contributed by atoms with E-state index in [0.29, 0.717) is 0 Å². The first kappa shape index (κ1) is 10.1. The summed E-state index contributed by atoms with van der Waals surface area (Å²) < 4.78 is 5.52. The summed E-state index contributed by atoms with van der Waals surface area (Å²) in [6.45, 7) is 0.0374. The second-order valence-corrected chi connectivity index (χ2v) is 3.96. The molecule has 0 radical (unpaired) electrons. The van der Waals surface area contributed by atoms with Gasteiger partial charge >= 0.3 is 0 Å². The molecule has 0 aliphatic heterocycles. The third kappa shape index (κ3) is 1.63. The molecule has 2 nitrogen and oxygen atoms in total. The number of hydrogen-bond donors (Lipinski definition) is 1. The van der Waals surface area contributed by atoms with Crippen molar-refractivity contribution >= 4 is 11.0 Å². The highest BCUT2D eigenvalue weighted by Crippen LogP contribution is 2.32. The molecule has 0 saturated carbocycles. The molecule has 1 aromatic heterocycles. The van der Waals surface area contributed by atoms with Gasteiger partial charge in [-0.1, -0.05) is 42.5 Å². The molecule has 0 aliphatic rings. The summed E-state index contributed by atoms with van der Waals surface area (Å²) in [6, 6.07) is 15.7. The molecule has 0 saturated heterocycles. The standard InChI is InChI=1S/C15H12O2/c16-9-11-5-1-2-6-12(11)14-10-17-15-8-4-3-7-13(14)15/h1-8,10,16H,9H2. The predicted octanol–water partition coefficient (Wildman–Crippen LogP) is 3.59. The van der Waals surface area contributed by atoms with Crippen LogP contribution >= 0.6 is 0 Å². The zero-order valence-corrected chi connectivity index (χ0v) is 9.26. The van der Waals surface area contributed by atoms with E-state index in [1.54, 1.807) is 6.26 Å². The van der Waals surface area contributed by atoms with Gasteiger partial charge in [-0.15, -0.1) is 0 Å². The molecule has 0 amide bonds. The fourth-order valence-electron chi connectivity index (χ4n) is 2.11. The Morgan fingerprint density at radius 2 is 1.65 bits per heavy atom. The summed E-state index contributed by atoms with van der Waals surface area (Å²) in [5, 5.41) is 10.4. The van der Waals surface area contributed by atoms with Crippen LogP contribution in [0, 0.1) is 0 Å². The highest BCUT2D eigenvalue weighted by Gasteiger charge is 2.10. The maximum absolute atomic E-state index is 9.36. The fourth-order valence-corrected chi connectivity index (χ4v) is 2.11. The summed E-state index contributed by atoms with van der Waals surface area (Å²) in [4.78, 5) is 0. The Kier molecular flexibility index (Phi) is 2.42. The molecule has 84 valence electrons. The molecule has 0 bridgehead atoms. The zero-order valence-electron chi connectivity index (χ0n) is 9.26. The summed E-state index contributed by atoms with van der Waals surface area (Å²) in [5.74, 6) is 0. The molecule has 3 rings (SSSR count). The minimum Gasteiger partial charge on any atom is -0.464 e. The number of fused-ring (bicyclic) bond motifs is 1. The van der Waals surface area contributed by atoms with Crippen LogP contribution in [0.3, 0.4) is 0 Å². The SMILES string of the molecule is OCc1ccccc1-c1coc2ccccc12. The second kappa shape index (κ2) is 4.07. The Morgan fingerprint density at radius 1 is 0.882 bits per heavy atom. The van der Waals surface area contributed by atoms with Crippen molar-refractivity contribution in [2.45, 2.75) is 6.61 Å². The van der Waals surface area contributed by atoms with Crippen LogP contribution in [0.2, 0.25) is 0 Å². The average Bonchev–Trinajstić information content (AvgIpc) is 2.82. The Morgan fingerprint density at radius 3 is 2.53 bits per heavy atom. The average molecular weight is 224 g/mol. The number of aliphatic hydroxyl groups excluding tert-OH is 1. The Bertz CT molecular complexity index is 653. The van der Waals surface area contributed by atoms with Gasteiger partial charge < -0.3 is 9.52 Å². The maximum atomic E-state index is 9.36. The van der Waals surface area contributed by atoms with Crippen LogP contribution in [0.1, 0.15) is 5.56 Å². The molecule has 0 fully saturated rings. The number of furan rings is 1. The Balaban J connectivity index is 2.27. The van der Waals surface area contributed by atoms with E-state index >= 15 is 0 Å². The van der Waals surface area contributed by atoms with Crippen LogP contribution in [0.5, 0.6) is 0 Å². The second-order valence-electron chi connectivity index (χ2n) is 3.96. The van der Waals surface area contributed by atoms with Gasteiger partial charge in [-0.3, -0.25) is 0 Å². The summed E-state index contributed by atoms with van der Waals surface area (Å²) in [5.41, 5.74) is 3.85. The van der Waals surface area contributed by atoms with E-state index in [1.165, 1.54) is 0 Å². The minimum atomic E-state index is 0.0374. The van der Waals surface area contributed by atoms with Crippen LogP contribution in [0.25, 0.3) is 22.1 Å². The molecule has 1 N–H and O–H groups in total. The molecule has 17 heavy (non-hydrogen) atoms. The largest absolute Gasteiger partial charge is 0.464 e. The van der Waals surface area contributed by atoms with Crippen molar-refractivity contribution in [2.75, 3.05) is 0 Å². The van der Waals surface area contributed by atoms with Gasteiger partial charge in [-0.05, 0) is 17.2 Å². The van der Waals surface area contributed by atoms with E-state index in [1.807, 2.05) is 48.5 Å². The van der Waals surface area contributed by atoms with Gasteiger partial charge in [-0.25, -0.2) is 0 Å². The monoisotopic (exact) mass is 224 g/mol. The first-order valence-electron chi connectivity index (χ1n) is 5.55. The van der Waals surface area contributed by atoms with E-state index in [-0.39, 0.29) is 6.61 Å². The molecular weight excluding hydrogens is 212 g/mol. The quantitative estimate of drug-likeness (QED) is 0.721. The fraction of sp³-hybridized carbons (Fsp3) is 0.0667. The first-order chi connectivity index (χ1) is 8.40. The molecule has 2 aromatic carbocycles. The Hall–Kier alpha value is -2.06. The van der Waals surface area contributed by atoms with Crippen LogP contribution in [0.4, 0.5) is 0 Å². The van der Waals surface area contributed by atoms with Gasteiger partial charge in [0.15, 0.2) is 0 Å². The van der Waals surface area contributed by atoms with Gasteiger partial charge in [0.1, 0.15) is 5.58 Å².